The van der Waals surface area contributed by atoms with E-state index in [4.69, 9.17) is 15.2 Å². The second-order valence-corrected chi connectivity index (χ2v) is 5.38. The van der Waals surface area contributed by atoms with Gasteiger partial charge in [0.1, 0.15) is 19.3 Å². The Bertz CT molecular complexity index is 645. The first-order chi connectivity index (χ1) is 11.6. The van der Waals surface area contributed by atoms with Gasteiger partial charge in [-0.3, -0.25) is 9.59 Å². The molecule has 0 heterocycles. The molecule has 0 unspecified atom stereocenters. The monoisotopic (exact) mass is 345 g/mol. The molecule has 6 nitrogen and oxygen atoms in total. The summed E-state index contributed by atoms with van der Waals surface area (Å²) in [5.41, 5.74) is 7.56. The summed E-state index contributed by atoms with van der Waals surface area (Å²) in [4.78, 5) is 23.5. The topological polar surface area (TPSA) is 110 Å². The molecule has 4 N–H and O–H groups in total. The number of carbonyl (C=O) groups excluding carboxylic acids is 2. The first-order valence-corrected chi connectivity index (χ1v) is 7.81. The highest BCUT2D eigenvalue weighted by Crippen LogP contribution is 2.06. The highest BCUT2D eigenvalue weighted by Gasteiger charge is 2.17. The van der Waals surface area contributed by atoms with Crippen molar-refractivity contribution in [1.29, 1.82) is 0 Å². The predicted octanol–water partition coefficient (Wildman–Crippen LogP) is 1.76. The molecule has 25 heavy (non-hydrogen) atoms. The first kappa shape index (κ1) is 20.3. The van der Waals surface area contributed by atoms with Crippen molar-refractivity contribution in [2.75, 3.05) is 0 Å². The van der Waals surface area contributed by atoms with E-state index in [1.54, 1.807) is 0 Å². The lowest BCUT2D eigenvalue weighted by molar-refractivity contribution is -0.148. The van der Waals surface area contributed by atoms with Crippen LogP contribution in [0.2, 0.25) is 0 Å². The van der Waals surface area contributed by atoms with Gasteiger partial charge in [-0.2, -0.15) is 0 Å². The van der Waals surface area contributed by atoms with Crippen molar-refractivity contribution in [2.45, 2.75) is 32.1 Å². The predicted molar refractivity (Wildman–Crippen MR) is 93.3 cm³/mol. The molecular formula is C19H23NO5. The van der Waals surface area contributed by atoms with Crippen LogP contribution < -0.4 is 5.73 Å². The van der Waals surface area contributed by atoms with Crippen molar-refractivity contribution in [3.05, 3.63) is 71.8 Å². The SMILES string of the molecule is N[C@@H](CCC(=O)OCc1ccccc1)C(=O)OCc1ccccc1.O. The van der Waals surface area contributed by atoms with Gasteiger partial charge in [0.15, 0.2) is 0 Å². The maximum absolute atomic E-state index is 11.8. The quantitative estimate of drug-likeness (QED) is 0.733. The minimum Gasteiger partial charge on any atom is -0.461 e. The molecule has 0 bridgehead atoms. The summed E-state index contributed by atoms with van der Waals surface area (Å²) < 4.78 is 10.3. The molecule has 0 fully saturated rings. The van der Waals surface area contributed by atoms with E-state index >= 15 is 0 Å². The summed E-state index contributed by atoms with van der Waals surface area (Å²) in [5.74, 6) is -0.903. The summed E-state index contributed by atoms with van der Waals surface area (Å²) in [6.45, 7) is 0.388. The van der Waals surface area contributed by atoms with Gasteiger partial charge < -0.3 is 20.7 Å². The molecule has 0 aliphatic carbocycles. The van der Waals surface area contributed by atoms with Gasteiger partial charge in [0.25, 0.3) is 0 Å². The van der Waals surface area contributed by atoms with Crippen LogP contribution in [0.25, 0.3) is 0 Å². The molecule has 2 aromatic rings. The molecule has 0 aliphatic heterocycles. The molecule has 134 valence electrons. The number of carbonyl (C=O) groups is 2. The Morgan fingerprint density at radius 2 is 1.32 bits per heavy atom. The lowest BCUT2D eigenvalue weighted by atomic mass is 10.1. The molecule has 0 radical (unpaired) electrons. The van der Waals surface area contributed by atoms with E-state index in [9.17, 15) is 9.59 Å². The van der Waals surface area contributed by atoms with Crippen LogP contribution in [0, 0.1) is 0 Å². The molecule has 0 saturated carbocycles. The maximum atomic E-state index is 11.8. The first-order valence-electron chi connectivity index (χ1n) is 7.81. The van der Waals surface area contributed by atoms with Gasteiger partial charge in [0.2, 0.25) is 0 Å². The molecular weight excluding hydrogens is 322 g/mol. The number of benzene rings is 2. The number of ether oxygens (including phenoxy) is 2. The second kappa shape index (κ2) is 11.0. The van der Waals surface area contributed by atoms with E-state index in [2.05, 4.69) is 0 Å². The Morgan fingerprint density at radius 3 is 1.84 bits per heavy atom. The Morgan fingerprint density at radius 1 is 0.840 bits per heavy atom. The van der Waals surface area contributed by atoms with Crippen molar-refractivity contribution in [2.24, 2.45) is 5.73 Å². The standard InChI is InChI=1S/C19H21NO4.H2O/c20-17(19(22)24-14-16-9-5-2-6-10-16)11-12-18(21)23-13-15-7-3-1-4-8-15;/h1-10,17H,11-14,20H2;1H2/t17-;/m0./s1. The van der Waals surface area contributed by atoms with Gasteiger partial charge in [-0.05, 0) is 17.5 Å². The number of esters is 2. The molecule has 1 atom stereocenters. The zero-order valence-corrected chi connectivity index (χ0v) is 13.9. The lowest BCUT2D eigenvalue weighted by Crippen LogP contribution is -2.32. The minimum atomic E-state index is -0.835. The molecule has 0 saturated heterocycles. The fourth-order valence-corrected chi connectivity index (χ4v) is 2.04. The van der Waals surface area contributed by atoms with Crippen LogP contribution >= 0.6 is 0 Å². The number of hydrogen-bond donors (Lipinski definition) is 1. The lowest BCUT2D eigenvalue weighted by Gasteiger charge is -2.11. The number of nitrogens with two attached hydrogens (primary N) is 1. The van der Waals surface area contributed by atoms with Crippen LogP contribution in [0.3, 0.4) is 0 Å². The van der Waals surface area contributed by atoms with Crippen molar-refractivity contribution >= 4 is 11.9 Å². The van der Waals surface area contributed by atoms with Crippen molar-refractivity contribution in [3.8, 4) is 0 Å². The second-order valence-electron chi connectivity index (χ2n) is 5.38. The molecule has 0 aliphatic rings. The Kier molecular flexibility index (Phi) is 8.92. The smallest absolute Gasteiger partial charge is 0.323 e. The number of rotatable bonds is 8. The summed E-state index contributed by atoms with van der Waals surface area (Å²) in [5, 5.41) is 0. The molecule has 6 heteroatoms. The van der Waals surface area contributed by atoms with E-state index in [0.29, 0.717) is 0 Å². The van der Waals surface area contributed by atoms with Gasteiger partial charge in [0.05, 0.1) is 0 Å². The van der Waals surface area contributed by atoms with Crippen LogP contribution in [0.1, 0.15) is 24.0 Å². The van der Waals surface area contributed by atoms with E-state index in [0.717, 1.165) is 11.1 Å². The Balaban J connectivity index is 0.00000312. The normalized spacial score (nSPS) is 11.1. The summed E-state index contributed by atoms with van der Waals surface area (Å²) in [7, 11) is 0. The Labute approximate surface area is 146 Å². The third-order valence-electron chi connectivity index (χ3n) is 3.43. The van der Waals surface area contributed by atoms with Gasteiger partial charge in [-0.1, -0.05) is 60.7 Å². The molecule has 0 aromatic heterocycles. The van der Waals surface area contributed by atoms with Crippen molar-refractivity contribution in [3.63, 3.8) is 0 Å². The summed E-state index contributed by atoms with van der Waals surface area (Å²) in [6, 6.07) is 17.9. The minimum absolute atomic E-state index is 0. The average molecular weight is 345 g/mol. The van der Waals surface area contributed by atoms with Crippen molar-refractivity contribution < 1.29 is 24.5 Å². The van der Waals surface area contributed by atoms with Gasteiger partial charge in [-0.25, -0.2) is 0 Å². The van der Waals surface area contributed by atoms with Crippen LogP contribution in [-0.4, -0.2) is 23.5 Å². The van der Waals surface area contributed by atoms with E-state index in [-0.39, 0.29) is 37.5 Å². The van der Waals surface area contributed by atoms with Gasteiger partial charge in [-0.15, -0.1) is 0 Å². The largest absolute Gasteiger partial charge is 0.461 e. The third-order valence-corrected chi connectivity index (χ3v) is 3.43. The zero-order valence-electron chi connectivity index (χ0n) is 13.9. The summed E-state index contributed by atoms with van der Waals surface area (Å²) >= 11 is 0. The maximum Gasteiger partial charge on any atom is 0.323 e. The Hall–Kier alpha value is -2.70. The molecule has 0 spiro atoms. The molecule has 2 aromatic carbocycles. The van der Waals surface area contributed by atoms with Gasteiger partial charge in [0, 0.05) is 6.42 Å². The third kappa shape index (κ3) is 7.60. The highest BCUT2D eigenvalue weighted by atomic mass is 16.5. The highest BCUT2D eigenvalue weighted by molar-refractivity contribution is 5.77. The van der Waals surface area contributed by atoms with Crippen LogP contribution in [0.15, 0.2) is 60.7 Å². The fraction of sp³-hybridized carbons (Fsp3) is 0.263. The van der Waals surface area contributed by atoms with E-state index in [1.807, 2.05) is 60.7 Å². The molecule has 0 amide bonds. The fourth-order valence-electron chi connectivity index (χ4n) is 2.04. The summed E-state index contributed by atoms with van der Waals surface area (Å²) in [6.07, 6.45) is 0.273. The van der Waals surface area contributed by atoms with Crippen LogP contribution in [0.5, 0.6) is 0 Å². The molecule has 2 rings (SSSR count). The van der Waals surface area contributed by atoms with E-state index < -0.39 is 12.0 Å². The van der Waals surface area contributed by atoms with Crippen LogP contribution in [0.4, 0.5) is 0 Å². The van der Waals surface area contributed by atoms with Crippen LogP contribution in [-0.2, 0) is 32.3 Å². The zero-order chi connectivity index (χ0) is 17.2. The van der Waals surface area contributed by atoms with Gasteiger partial charge >= 0.3 is 11.9 Å². The van der Waals surface area contributed by atoms with Crippen molar-refractivity contribution in [1.82, 2.24) is 0 Å². The average Bonchev–Trinajstić information content (AvgIpc) is 2.64. The number of hydrogen-bond acceptors (Lipinski definition) is 5. The van der Waals surface area contributed by atoms with E-state index in [1.165, 1.54) is 0 Å².